The largest absolute Gasteiger partial charge is 0.338 e. The van der Waals surface area contributed by atoms with Crippen LogP contribution in [0.1, 0.15) is 18.4 Å². The van der Waals surface area contributed by atoms with E-state index >= 15 is 0 Å². The average Bonchev–Trinajstić information content (AvgIpc) is 3.43. The number of hydrogen-bond donors (Lipinski definition) is 3. The summed E-state index contributed by atoms with van der Waals surface area (Å²) in [6.07, 6.45) is 6.19. The molecule has 1 aromatic carbocycles. The number of nitrogens with one attached hydrogen (secondary N) is 3. The summed E-state index contributed by atoms with van der Waals surface area (Å²) >= 11 is 0. The number of carbonyl (C=O) groups is 2. The van der Waals surface area contributed by atoms with E-state index in [1.54, 1.807) is 36.7 Å². The van der Waals surface area contributed by atoms with Gasteiger partial charge in [0.05, 0.1) is 0 Å². The molecule has 24 heavy (non-hydrogen) atoms. The summed E-state index contributed by atoms with van der Waals surface area (Å²) in [5, 5.41) is 8.43. The Hall–Kier alpha value is -2.89. The first-order valence-electron chi connectivity index (χ1n) is 8.05. The fraction of sp³-hybridized carbons (Fsp3) is 0.278. The van der Waals surface area contributed by atoms with Gasteiger partial charge in [-0.15, -0.1) is 0 Å². The highest BCUT2D eigenvalue weighted by molar-refractivity contribution is 5.94. The highest BCUT2D eigenvalue weighted by Gasteiger charge is 2.29. The second-order valence-corrected chi connectivity index (χ2v) is 5.83. The summed E-state index contributed by atoms with van der Waals surface area (Å²) in [4.78, 5) is 27.6. The van der Waals surface area contributed by atoms with Gasteiger partial charge in [-0.25, -0.2) is 4.79 Å². The van der Waals surface area contributed by atoms with E-state index in [1.807, 2.05) is 12.1 Å². The van der Waals surface area contributed by atoms with Crippen molar-refractivity contribution in [3.63, 3.8) is 0 Å². The molecule has 0 bridgehead atoms. The Kier molecular flexibility index (Phi) is 5.05. The lowest BCUT2D eigenvalue weighted by atomic mass is 10.2. The maximum atomic E-state index is 11.9. The smallest absolute Gasteiger partial charge is 0.319 e. The fourth-order valence-corrected chi connectivity index (χ4v) is 2.27. The Morgan fingerprint density at radius 2 is 1.75 bits per heavy atom. The van der Waals surface area contributed by atoms with E-state index in [2.05, 4.69) is 20.9 Å². The molecule has 0 aliphatic heterocycles. The second kappa shape index (κ2) is 7.59. The van der Waals surface area contributed by atoms with Crippen LogP contribution in [0.4, 0.5) is 16.2 Å². The van der Waals surface area contributed by atoms with E-state index < -0.39 is 0 Å². The first-order chi connectivity index (χ1) is 11.7. The van der Waals surface area contributed by atoms with Gasteiger partial charge in [0.2, 0.25) is 5.91 Å². The summed E-state index contributed by atoms with van der Waals surface area (Å²) in [7, 11) is 0. The van der Waals surface area contributed by atoms with Crippen molar-refractivity contribution in [1.82, 2.24) is 10.3 Å². The number of rotatable bonds is 6. The Labute approximate surface area is 140 Å². The Morgan fingerprint density at radius 3 is 2.38 bits per heavy atom. The number of pyridine rings is 1. The third-order valence-electron chi connectivity index (χ3n) is 3.78. The van der Waals surface area contributed by atoms with Crippen LogP contribution in [0, 0.1) is 5.92 Å². The van der Waals surface area contributed by atoms with Gasteiger partial charge < -0.3 is 16.0 Å². The highest BCUT2D eigenvalue weighted by atomic mass is 16.2. The van der Waals surface area contributed by atoms with E-state index in [0.29, 0.717) is 12.2 Å². The Bertz CT molecular complexity index is 697. The molecule has 0 unspecified atom stereocenters. The summed E-state index contributed by atoms with van der Waals surface area (Å²) in [6, 6.07) is 10.7. The minimum Gasteiger partial charge on any atom is -0.338 e. The number of nitrogens with zero attached hydrogens (tertiary/aromatic N) is 1. The molecular formula is C18H20N4O2. The molecule has 0 spiro atoms. The summed E-state index contributed by atoms with van der Waals surface area (Å²) in [5.74, 6) is 0.247. The van der Waals surface area contributed by atoms with Crippen molar-refractivity contribution < 1.29 is 9.59 Å². The van der Waals surface area contributed by atoms with Gasteiger partial charge in [0, 0.05) is 36.2 Å². The molecule has 124 valence electrons. The van der Waals surface area contributed by atoms with Crippen molar-refractivity contribution in [2.75, 3.05) is 17.2 Å². The number of benzene rings is 1. The second-order valence-electron chi connectivity index (χ2n) is 5.83. The number of amides is 3. The molecule has 2 aromatic rings. The first-order valence-corrected chi connectivity index (χ1v) is 8.05. The molecule has 1 aromatic heterocycles. The van der Waals surface area contributed by atoms with Crippen LogP contribution in [-0.2, 0) is 11.2 Å². The van der Waals surface area contributed by atoms with Crippen LogP contribution in [-0.4, -0.2) is 23.5 Å². The number of hydrogen-bond acceptors (Lipinski definition) is 3. The van der Waals surface area contributed by atoms with Crippen molar-refractivity contribution in [2.45, 2.75) is 19.3 Å². The van der Waals surface area contributed by atoms with Crippen LogP contribution in [0.25, 0.3) is 0 Å². The first kappa shape index (κ1) is 16.0. The highest BCUT2D eigenvalue weighted by Crippen LogP contribution is 2.30. The zero-order valence-electron chi connectivity index (χ0n) is 13.3. The molecule has 1 aliphatic rings. The Morgan fingerprint density at radius 1 is 1.04 bits per heavy atom. The fourth-order valence-electron chi connectivity index (χ4n) is 2.27. The van der Waals surface area contributed by atoms with Crippen molar-refractivity contribution in [1.29, 1.82) is 0 Å². The van der Waals surface area contributed by atoms with E-state index in [4.69, 9.17) is 0 Å². The maximum Gasteiger partial charge on any atom is 0.319 e. The molecule has 0 radical (unpaired) electrons. The van der Waals surface area contributed by atoms with Gasteiger partial charge in [-0.1, -0.05) is 6.07 Å². The number of urea groups is 1. The van der Waals surface area contributed by atoms with Crippen molar-refractivity contribution >= 4 is 23.3 Å². The normalized spacial score (nSPS) is 13.2. The monoisotopic (exact) mass is 324 g/mol. The molecule has 3 rings (SSSR count). The summed E-state index contributed by atoms with van der Waals surface area (Å²) < 4.78 is 0. The lowest BCUT2D eigenvalue weighted by Crippen LogP contribution is -2.30. The standard InChI is InChI=1S/C18H20N4O2/c23-17(14-3-4-14)21-15-5-7-16(8-6-15)22-18(24)20-11-9-13-2-1-10-19-12-13/h1-2,5-8,10,12,14H,3-4,9,11H2,(H,21,23)(H2,20,22,24). The van der Waals surface area contributed by atoms with E-state index in [0.717, 1.165) is 30.5 Å². The molecule has 1 aliphatic carbocycles. The number of anilines is 2. The van der Waals surface area contributed by atoms with E-state index in [-0.39, 0.29) is 17.9 Å². The molecule has 6 nitrogen and oxygen atoms in total. The van der Waals surface area contributed by atoms with Crippen molar-refractivity contribution in [3.05, 3.63) is 54.4 Å². The zero-order valence-corrected chi connectivity index (χ0v) is 13.3. The van der Waals surface area contributed by atoms with Gasteiger partial charge in [0.25, 0.3) is 0 Å². The SMILES string of the molecule is O=C(NCCc1cccnc1)Nc1ccc(NC(=O)C2CC2)cc1. The molecule has 1 saturated carbocycles. The predicted molar refractivity (Wildman–Crippen MR) is 92.8 cm³/mol. The van der Waals surface area contributed by atoms with Crippen molar-refractivity contribution in [2.24, 2.45) is 5.92 Å². The minimum atomic E-state index is -0.256. The molecule has 1 heterocycles. The molecule has 6 heteroatoms. The van der Waals surface area contributed by atoms with Gasteiger partial charge in [0.15, 0.2) is 0 Å². The van der Waals surface area contributed by atoms with Gasteiger partial charge in [0.1, 0.15) is 0 Å². The van der Waals surface area contributed by atoms with Gasteiger partial charge >= 0.3 is 6.03 Å². The molecule has 0 saturated heterocycles. The van der Waals surface area contributed by atoms with E-state index in [1.165, 1.54) is 0 Å². The topological polar surface area (TPSA) is 83.1 Å². The molecule has 1 fully saturated rings. The maximum absolute atomic E-state index is 11.9. The molecule has 0 atom stereocenters. The quantitative estimate of drug-likeness (QED) is 0.764. The van der Waals surface area contributed by atoms with Crippen LogP contribution in [0.5, 0.6) is 0 Å². The third-order valence-corrected chi connectivity index (χ3v) is 3.78. The number of carbonyl (C=O) groups excluding carboxylic acids is 2. The predicted octanol–water partition coefficient (Wildman–Crippen LogP) is 2.79. The molecule has 3 N–H and O–H groups in total. The van der Waals surface area contributed by atoms with Crippen LogP contribution in [0.3, 0.4) is 0 Å². The van der Waals surface area contributed by atoms with Crippen molar-refractivity contribution in [3.8, 4) is 0 Å². The van der Waals surface area contributed by atoms with E-state index in [9.17, 15) is 9.59 Å². The van der Waals surface area contributed by atoms with Gasteiger partial charge in [-0.05, 0) is 55.2 Å². The average molecular weight is 324 g/mol. The van der Waals surface area contributed by atoms with Crippen LogP contribution < -0.4 is 16.0 Å². The molecule has 3 amide bonds. The molecular weight excluding hydrogens is 304 g/mol. The van der Waals surface area contributed by atoms with Crippen LogP contribution >= 0.6 is 0 Å². The van der Waals surface area contributed by atoms with Gasteiger partial charge in [-0.3, -0.25) is 9.78 Å². The lowest BCUT2D eigenvalue weighted by Gasteiger charge is -2.09. The summed E-state index contributed by atoms with van der Waals surface area (Å²) in [5.41, 5.74) is 2.50. The summed E-state index contributed by atoms with van der Waals surface area (Å²) in [6.45, 7) is 0.535. The third kappa shape index (κ3) is 4.81. The zero-order chi connectivity index (χ0) is 16.8. The lowest BCUT2D eigenvalue weighted by molar-refractivity contribution is -0.117. The minimum absolute atomic E-state index is 0.0730. The number of aromatic nitrogens is 1. The van der Waals surface area contributed by atoms with Crippen LogP contribution in [0.15, 0.2) is 48.8 Å². The Balaban J connectivity index is 1.41. The van der Waals surface area contributed by atoms with Crippen LogP contribution in [0.2, 0.25) is 0 Å². The van der Waals surface area contributed by atoms with Gasteiger partial charge in [-0.2, -0.15) is 0 Å².